The Labute approximate surface area is 118 Å². The third-order valence-corrected chi connectivity index (χ3v) is 3.44. The number of aromatic amines is 1. The van der Waals surface area contributed by atoms with Crippen LogP contribution in [-0.4, -0.2) is 14.8 Å². The van der Waals surface area contributed by atoms with Gasteiger partial charge in [-0.2, -0.15) is 10.4 Å². The molecule has 2 rings (SSSR count). The number of rotatable bonds is 2. The van der Waals surface area contributed by atoms with Gasteiger partial charge in [0.1, 0.15) is 5.82 Å². The monoisotopic (exact) mass is 322 g/mol. The number of nitrogens with one attached hydrogen (secondary N) is 1. The Kier molecular flexibility index (Phi) is 3.64. The first-order valence-electron chi connectivity index (χ1n) is 5.42. The van der Waals surface area contributed by atoms with Crippen molar-refractivity contribution in [3.8, 4) is 11.8 Å². The number of benzene rings is 1. The maximum atomic E-state index is 8.86. The molecule has 2 aromatic rings. The highest BCUT2D eigenvalue weighted by molar-refractivity contribution is 9.10. The minimum Gasteiger partial charge on any atom is -0.271 e. The lowest BCUT2D eigenvalue weighted by atomic mass is 10.2. The molecule has 92 valence electrons. The van der Waals surface area contributed by atoms with Crippen molar-refractivity contribution >= 4 is 28.1 Å². The topological polar surface area (TPSA) is 57.4 Å². The number of nitrogens with zero attached hydrogens (tertiary/aromatic N) is 3. The van der Waals surface area contributed by atoms with Crippen molar-refractivity contribution < 1.29 is 0 Å². The third kappa shape index (κ3) is 2.24. The molecule has 1 heterocycles. The predicted molar refractivity (Wildman–Crippen MR) is 75.3 cm³/mol. The summed E-state index contributed by atoms with van der Waals surface area (Å²) in [6.45, 7) is 4.11. The van der Waals surface area contributed by atoms with Crippen LogP contribution >= 0.6 is 28.1 Å². The summed E-state index contributed by atoms with van der Waals surface area (Å²) in [6, 6.07) is 7.50. The lowest BCUT2D eigenvalue weighted by Gasteiger charge is -2.11. The molecule has 0 unspecified atom stereocenters. The Morgan fingerprint density at radius 1 is 1.50 bits per heavy atom. The van der Waals surface area contributed by atoms with Gasteiger partial charge in [0.25, 0.3) is 0 Å². The number of halogens is 1. The third-order valence-electron chi connectivity index (χ3n) is 2.53. The second-order valence-electron chi connectivity index (χ2n) is 4.16. The first kappa shape index (κ1) is 13.0. The van der Waals surface area contributed by atoms with Gasteiger partial charge in [-0.05, 0) is 46.3 Å². The fourth-order valence-electron chi connectivity index (χ4n) is 1.69. The van der Waals surface area contributed by atoms with Gasteiger partial charge in [-0.25, -0.2) is 0 Å². The van der Waals surface area contributed by atoms with Crippen LogP contribution in [0.15, 0.2) is 22.7 Å². The minimum absolute atomic E-state index is 0.250. The molecular weight excluding hydrogens is 312 g/mol. The molecule has 0 spiro atoms. The molecule has 0 saturated carbocycles. The molecule has 1 N–H and O–H groups in total. The maximum absolute atomic E-state index is 8.86. The predicted octanol–water partition coefficient (Wildman–Crippen LogP) is 3.69. The number of H-pyrrole nitrogens is 1. The van der Waals surface area contributed by atoms with Crippen LogP contribution in [0, 0.1) is 16.1 Å². The summed E-state index contributed by atoms with van der Waals surface area (Å²) in [6.07, 6.45) is 0. The second-order valence-corrected chi connectivity index (χ2v) is 5.40. The zero-order valence-electron chi connectivity index (χ0n) is 9.94. The van der Waals surface area contributed by atoms with Crippen LogP contribution in [0.1, 0.15) is 31.2 Å². The van der Waals surface area contributed by atoms with E-state index in [2.05, 4.69) is 46.0 Å². The van der Waals surface area contributed by atoms with Crippen LogP contribution in [0.4, 0.5) is 0 Å². The Morgan fingerprint density at radius 3 is 2.78 bits per heavy atom. The molecule has 1 aromatic carbocycles. The van der Waals surface area contributed by atoms with E-state index < -0.39 is 0 Å². The van der Waals surface area contributed by atoms with Gasteiger partial charge >= 0.3 is 0 Å². The maximum Gasteiger partial charge on any atom is 0.199 e. The molecule has 6 heteroatoms. The lowest BCUT2D eigenvalue weighted by Crippen LogP contribution is -2.04. The molecule has 18 heavy (non-hydrogen) atoms. The van der Waals surface area contributed by atoms with Crippen LogP contribution in [-0.2, 0) is 0 Å². The Morgan fingerprint density at radius 2 is 2.22 bits per heavy atom. The zero-order valence-corrected chi connectivity index (χ0v) is 12.3. The summed E-state index contributed by atoms with van der Waals surface area (Å²) in [4.78, 5) is 0. The first-order valence-corrected chi connectivity index (χ1v) is 6.62. The first-order chi connectivity index (χ1) is 8.54. The summed E-state index contributed by atoms with van der Waals surface area (Å²) in [5, 5.41) is 15.9. The smallest absolute Gasteiger partial charge is 0.199 e. The van der Waals surface area contributed by atoms with Gasteiger partial charge in [0.05, 0.1) is 17.3 Å². The normalized spacial score (nSPS) is 10.6. The van der Waals surface area contributed by atoms with E-state index in [1.165, 1.54) is 0 Å². The summed E-state index contributed by atoms with van der Waals surface area (Å²) in [7, 11) is 0. The molecular formula is C12H11BrN4S. The zero-order chi connectivity index (χ0) is 13.3. The van der Waals surface area contributed by atoms with Crippen LogP contribution < -0.4 is 0 Å². The molecule has 0 amide bonds. The second kappa shape index (κ2) is 5.04. The van der Waals surface area contributed by atoms with E-state index in [4.69, 9.17) is 17.5 Å². The Balaban J connectivity index is 2.67. The van der Waals surface area contributed by atoms with E-state index in [0.717, 1.165) is 16.0 Å². The molecule has 0 bridgehead atoms. The number of nitriles is 1. The van der Waals surface area contributed by atoms with Gasteiger partial charge in [-0.3, -0.25) is 9.67 Å². The average Bonchev–Trinajstić information content (AvgIpc) is 2.71. The fourth-order valence-corrected chi connectivity index (χ4v) is 2.48. The quantitative estimate of drug-likeness (QED) is 0.858. The van der Waals surface area contributed by atoms with Gasteiger partial charge in [0.15, 0.2) is 4.77 Å². The summed E-state index contributed by atoms with van der Waals surface area (Å²) < 4.78 is 3.25. The van der Waals surface area contributed by atoms with E-state index in [1.54, 1.807) is 12.1 Å². The molecule has 1 aromatic heterocycles. The van der Waals surface area contributed by atoms with Gasteiger partial charge < -0.3 is 0 Å². The Hall–Kier alpha value is -1.45. The van der Waals surface area contributed by atoms with E-state index in [1.807, 2.05) is 10.6 Å². The van der Waals surface area contributed by atoms with Crippen molar-refractivity contribution in [1.82, 2.24) is 14.8 Å². The number of hydrogen-bond donors (Lipinski definition) is 1. The number of aromatic nitrogens is 3. The van der Waals surface area contributed by atoms with E-state index in [9.17, 15) is 0 Å². The lowest BCUT2D eigenvalue weighted by molar-refractivity contribution is 0.743. The fraction of sp³-hybridized carbons (Fsp3) is 0.250. The molecule has 0 aliphatic rings. The van der Waals surface area contributed by atoms with Gasteiger partial charge in [0.2, 0.25) is 0 Å². The summed E-state index contributed by atoms with van der Waals surface area (Å²) in [5.41, 5.74) is 1.49. The summed E-state index contributed by atoms with van der Waals surface area (Å²) >= 11 is 8.72. The van der Waals surface area contributed by atoms with E-state index >= 15 is 0 Å². The van der Waals surface area contributed by atoms with E-state index in [-0.39, 0.29) is 5.92 Å². The summed E-state index contributed by atoms with van der Waals surface area (Å²) in [5.74, 6) is 1.12. The molecule has 0 fully saturated rings. The Bertz CT molecular complexity index is 678. The van der Waals surface area contributed by atoms with Crippen LogP contribution in [0.5, 0.6) is 0 Å². The van der Waals surface area contributed by atoms with Gasteiger partial charge in [0, 0.05) is 10.4 Å². The van der Waals surface area contributed by atoms with Gasteiger partial charge in [-0.15, -0.1) is 0 Å². The van der Waals surface area contributed by atoms with Gasteiger partial charge in [-0.1, -0.05) is 13.8 Å². The van der Waals surface area contributed by atoms with Crippen LogP contribution in [0.2, 0.25) is 0 Å². The van der Waals surface area contributed by atoms with Crippen molar-refractivity contribution in [3.63, 3.8) is 0 Å². The largest absolute Gasteiger partial charge is 0.271 e. The number of hydrogen-bond acceptors (Lipinski definition) is 3. The van der Waals surface area contributed by atoms with Crippen molar-refractivity contribution in [2.45, 2.75) is 19.8 Å². The molecule has 0 radical (unpaired) electrons. The highest BCUT2D eigenvalue weighted by Crippen LogP contribution is 2.25. The van der Waals surface area contributed by atoms with Crippen molar-refractivity contribution in [2.24, 2.45) is 0 Å². The van der Waals surface area contributed by atoms with Crippen molar-refractivity contribution in [3.05, 3.63) is 38.8 Å². The SMILES string of the molecule is CC(C)c1n[nH]c(=S)n1-c1ccc(C#N)cc1Br. The molecule has 4 nitrogen and oxygen atoms in total. The molecule has 0 aliphatic heterocycles. The highest BCUT2D eigenvalue weighted by Gasteiger charge is 2.14. The molecule has 0 atom stereocenters. The highest BCUT2D eigenvalue weighted by atomic mass is 79.9. The van der Waals surface area contributed by atoms with Crippen LogP contribution in [0.3, 0.4) is 0 Å². The standard InChI is InChI=1S/C12H11BrN4S/c1-7(2)11-15-16-12(18)17(11)10-4-3-8(6-14)5-9(10)13/h3-5,7H,1-2H3,(H,16,18). The molecule has 0 aliphatic carbocycles. The minimum atomic E-state index is 0.250. The average molecular weight is 323 g/mol. The molecule has 0 saturated heterocycles. The van der Waals surface area contributed by atoms with Crippen LogP contribution in [0.25, 0.3) is 5.69 Å². The van der Waals surface area contributed by atoms with Crippen molar-refractivity contribution in [1.29, 1.82) is 5.26 Å². The van der Waals surface area contributed by atoms with E-state index in [0.29, 0.717) is 10.3 Å². The van der Waals surface area contributed by atoms with Crippen molar-refractivity contribution in [2.75, 3.05) is 0 Å².